The summed E-state index contributed by atoms with van der Waals surface area (Å²) >= 11 is 1.19. The molecular formula is C13H13F3N4S. The zero-order valence-corrected chi connectivity index (χ0v) is 12.2. The quantitative estimate of drug-likeness (QED) is 0.870. The van der Waals surface area contributed by atoms with Crippen molar-refractivity contribution in [1.82, 2.24) is 15.0 Å². The lowest BCUT2D eigenvalue weighted by molar-refractivity contribution is -0.137. The molecule has 8 heteroatoms. The molecule has 0 radical (unpaired) electrons. The third-order valence-electron chi connectivity index (χ3n) is 2.44. The lowest BCUT2D eigenvalue weighted by Gasteiger charge is -2.08. The number of rotatable bonds is 4. The van der Waals surface area contributed by atoms with Gasteiger partial charge in [-0.05, 0) is 43.8 Å². The molecule has 0 fully saturated rings. The Balaban J connectivity index is 2.18. The van der Waals surface area contributed by atoms with E-state index in [1.807, 2.05) is 13.8 Å². The van der Waals surface area contributed by atoms with Crippen molar-refractivity contribution in [3.8, 4) is 0 Å². The molecule has 0 bridgehead atoms. The van der Waals surface area contributed by atoms with Gasteiger partial charge in [0, 0.05) is 18.4 Å². The fourth-order valence-corrected chi connectivity index (χ4v) is 2.36. The van der Waals surface area contributed by atoms with Crippen molar-refractivity contribution in [2.75, 3.05) is 11.9 Å². The van der Waals surface area contributed by atoms with Crippen molar-refractivity contribution in [2.24, 2.45) is 0 Å². The average molecular weight is 314 g/mol. The zero-order chi connectivity index (χ0) is 15.5. The first kappa shape index (κ1) is 15.6. The average Bonchev–Trinajstić information content (AvgIpc) is 2.38. The van der Waals surface area contributed by atoms with E-state index in [-0.39, 0.29) is 0 Å². The van der Waals surface area contributed by atoms with Crippen LogP contribution in [-0.4, -0.2) is 21.5 Å². The highest BCUT2D eigenvalue weighted by Gasteiger charge is 2.30. The normalized spacial score (nSPS) is 11.5. The van der Waals surface area contributed by atoms with Gasteiger partial charge in [-0.2, -0.15) is 13.2 Å². The summed E-state index contributed by atoms with van der Waals surface area (Å²) < 4.78 is 37.4. The Morgan fingerprint density at radius 2 is 1.95 bits per heavy atom. The van der Waals surface area contributed by atoms with Gasteiger partial charge in [-0.25, -0.2) is 15.0 Å². The summed E-state index contributed by atoms with van der Waals surface area (Å²) in [5, 5.41) is 4.08. The molecule has 2 aromatic heterocycles. The molecule has 2 heterocycles. The Morgan fingerprint density at radius 1 is 1.19 bits per heavy atom. The van der Waals surface area contributed by atoms with Crippen molar-refractivity contribution in [2.45, 2.75) is 30.1 Å². The molecule has 0 unspecified atom stereocenters. The summed E-state index contributed by atoms with van der Waals surface area (Å²) in [4.78, 5) is 12.3. The van der Waals surface area contributed by atoms with Crippen LogP contribution in [-0.2, 0) is 6.18 Å². The van der Waals surface area contributed by atoms with Crippen LogP contribution in [0.2, 0.25) is 0 Å². The first-order valence-electron chi connectivity index (χ1n) is 6.19. The first-order valence-corrected chi connectivity index (χ1v) is 7.01. The molecule has 21 heavy (non-hydrogen) atoms. The standard InChI is InChI=1S/C13H13F3N4S/c1-3-17-12-19-8(2)6-11(20-12)21-10-5-4-9(7-18-10)13(14,15)16/h4-7H,3H2,1-2H3,(H,17,19,20). The van der Waals surface area contributed by atoms with Gasteiger partial charge in [0.25, 0.3) is 0 Å². The number of pyridine rings is 1. The summed E-state index contributed by atoms with van der Waals surface area (Å²) in [5.74, 6) is 0.493. The minimum atomic E-state index is -4.38. The minimum Gasteiger partial charge on any atom is -0.354 e. The largest absolute Gasteiger partial charge is 0.417 e. The predicted octanol–water partition coefficient (Wildman–Crippen LogP) is 3.78. The molecule has 2 aromatic rings. The van der Waals surface area contributed by atoms with Crippen molar-refractivity contribution in [3.63, 3.8) is 0 Å². The van der Waals surface area contributed by atoms with E-state index in [1.165, 1.54) is 17.8 Å². The number of aryl methyl sites for hydroxylation is 1. The van der Waals surface area contributed by atoms with Gasteiger partial charge >= 0.3 is 6.18 Å². The molecular weight excluding hydrogens is 301 g/mol. The van der Waals surface area contributed by atoms with Crippen LogP contribution >= 0.6 is 11.8 Å². The number of nitrogens with one attached hydrogen (secondary N) is 1. The van der Waals surface area contributed by atoms with E-state index in [0.717, 1.165) is 18.0 Å². The highest BCUT2D eigenvalue weighted by atomic mass is 32.2. The molecule has 0 atom stereocenters. The van der Waals surface area contributed by atoms with Crippen molar-refractivity contribution < 1.29 is 13.2 Å². The Bertz CT molecular complexity index is 614. The van der Waals surface area contributed by atoms with E-state index in [4.69, 9.17) is 0 Å². The maximum absolute atomic E-state index is 12.5. The topological polar surface area (TPSA) is 50.7 Å². The molecule has 0 aliphatic heterocycles. The fraction of sp³-hybridized carbons (Fsp3) is 0.308. The molecule has 0 aromatic carbocycles. The molecule has 0 aliphatic carbocycles. The maximum Gasteiger partial charge on any atom is 0.417 e. The Hall–Kier alpha value is -1.83. The molecule has 2 rings (SSSR count). The number of anilines is 1. The van der Waals surface area contributed by atoms with Gasteiger partial charge in [-0.3, -0.25) is 0 Å². The summed E-state index contributed by atoms with van der Waals surface area (Å²) in [6, 6.07) is 4.09. The fourth-order valence-electron chi connectivity index (χ4n) is 1.54. The van der Waals surface area contributed by atoms with Crippen LogP contribution in [0.1, 0.15) is 18.2 Å². The predicted molar refractivity (Wildman–Crippen MR) is 74.3 cm³/mol. The van der Waals surface area contributed by atoms with Gasteiger partial charge in [0.05, 0.1) is 5.56 Å². The van der Waals surface area contributed by atoms with Crippen molar-refractivity contribution in [3.05, 3.63) is 35.7 Å². The molecule has 0 saturated carbocycles. The van der Waals surface area contributed by atoms with Crippen molar-refractivity contribution in [1.29, 1.82) is 0 Å². The van der Waals surface area contributed by atoms with E-state index >= 15 is 0 Å². The second kappa shape index (κ2) is 6.30. The second-order valence-electron chi connectivity index (χ2n) is 4.19. The van der Waals surface area contributed by atoms with Crippen LogP contribution in [0.25, 0.3) is 0 Å². The van der Waals surface area contributed by atoms with Crippen LogP contribution in [0.4, 0.5) is 19.1 Å². The molecule has 0 aliphatic rings. The van der Waals surface area contributed by atoms with Gasteiger partial charge in [-0.15, -0.1) is 0 Å². The highest BCUT2D eigenvalue weighted by Crippen LogP contribution is 2.31. The molecule has 112 valence electrons. The first-order chi connectivity index (χ1) is 9.88. The van der Waals surface area contributed by atoms with Crippen LogP contribution in [0.3, 0.4) is 0 Å². The number of alkyl halides is 3. The number of nitrogens with zero attached hydrogens (tertiary/aromatic N) is 3. The lowest BCUT2D eigenvalue weighted by atomic mass is 10.3. The second-order valence-corrected chi connectivity index (χ2v) is 5.23. The number of hydrogen-bond acceptors (Lipinski definition) is 5. The SMILES string of the molecule is CCNc1nc(C)cc(Sc2ccc(C(F)(F)F)cn2)n1. The Morgan fingerprint density at radius 3 is 2.52 bits per heavy atom. The van der Waals surface area contributed by atoms with Gasteiger partial charge in [0.15, 0.2) is 0 Å². The van der Waals surface area contributed by atoms with E-state index < -0.39 is 11.7 Å². The molecule has 0 amide bonds. The number of hydrogen-bond donors (Lipinski definition) is 1. The Labute approximate surface area is 124 Å². The number of halogens is 3. The molecule has 0 spiro atoms. The summed E-state index contributed by atoms with van der Waals surface area (Å²) in [6.45, 7) is 4.44. The van der Waals surface area contributed by atoms with Crippen LogP contribution in [0.5, 0.6) is 0 Å². The van der Waals surface area contributed by atoms with Crippen LogP contribution in [0.15, 0.2) is 34.4 Å². The maximum atomic E-state index is 12.5. The smallest absolute Gasteiger partial charge is 0.354 e. The van der Waals surface area contributed by atoms with Gasteiger partial charge < -0.3 is 5.32 Å². The highest BCUT2D eigenvalue weighted by molar-refractivity contribution is 7.99. The summed E-state index contributed by atoms with van der Waals surface area (Å²) in [6.07, 6.45) is -3.55. The summed E-state index contributed by atoms with van der Waals surface area (Å²) in [7, 11) is 0. The zero-order valence-electron chi connectivity index (χ0n) is 11.4. The lowest BCUT2D eigenvalue weighted by Crippen LogP contribution is -2.05. The molecule has 1 N–H and O–H groups in total. The third-order valence-corrected chi connectivity index (χ3v) is 3.31. The van der Waals surface area contributed by atoms with Gasteiger partial charge in [0.1, 0.15) is 10.1 Å². The van der Waals surface area contributed by atoms with Gasteiger partial charge in [0.2, 0.25) is 5.95 Å². The van der Waals surface area contributed by atoms with Crippen LogP contribution < -0.4 is 5.32 Å². The van der Waals surface area contributed by atoms with Gasteiger partial charge in [-0.1, -0.05) is 0 Å². The van der Waals surface area contributed by atoms with E-state index in [0.29, 0.717) is 22.5 Å². The molecule has 0 saturated heterocycles. The molecule has 4 nitrogen and oxygen atoms in total. The van der Waals surface area contributed by atoms with E-state index in [9.17, 15) is 13.2 Å². The third kappa shape index (κ3) is 4.32. The summed E-state index contributed by atoms with van der Waals surface area (Å²) in [5.41, 5.74) is 0.00872. The Kier molecular flexibility index (Phi) is 4.66. The van der Waals surface area contributed by atoms with E-state index in [1.54, 1.807) is 6.07 Å². The minimum absolute atomic E-state index is 0.448. The number of aromatic nitrogens is 3. The van der Waals surface area contributed by atoms with Crippen LogP contribution in [0, 0.1) is 6.92 Å². The van der Waals surface area contributed by atoms with Crippen molar-refractivity contribution >= 4 is 17.7 Å². The monoisotopic (exact) mass is 314 g/mol. The van der Waals surface area contributed by atoms with E-state index in [2.05, 4.69) is 20.3 Å².